The van der Waals surface area contributed by atoms with Crippen LogP contribution in [0.4, 0.5) is 26.3 Å². The van der Waals surface area contributed by atoms with Gasteiger partial charge in [-0.2, -0.15) is 26.3 Å². The average molecular weight is 442 g/mol. The Morgan fingerprint density at radius 2 is 1.57 bits per heavy atom. The predicted molar refractivity (Wildman–Crippen MR) is 83.7 cm³/mol. The monoisotopic (exact) mass is 442 g/mol. The second kappa shape index (κ2) is 6.46. The van der Waals surface area contributed by atoms with Crippen molar-refractivity contribution in [1.82, 2.24) is 0 Å². The van der Waals surface area contributed by atoms with Crippen LogP contribution in [0, 0.1) is 11.3 Å². The minimum atomic E-state index is -5.40. The van der Waals surface area contributed by atoms with Gasteiger partial charge in [0.15, 0.2) is 0 Å². The third kappa shape index (κ3) is 2.52. The van der Waals surface area contributed by atoms with Crippen LogP contribution in [-0.2, 0) is 28.5 Å². The van der Waals surface area contributed by atoms with Crippen molar-refractivity contribution in [3.63, 3.8) is 0 Å². The molecule has 0 radical (unpaired) electrons. The van der Waals surface area contributed by atoms with Gasteiger partial charge in [-0.1, -0.05) is 0 Å². The molecule has 30 heavy (non-hydrogen) atoms. The van der Waals surface area contributed by atoms with Crippen molar-refractivity contribution in [2.24, 2.45) is 11.3 Å². The van der Waals surface area contributed by atoms with E-state index in [9.17, 15) is 35.9 Å². The Labute approximate surface area is 165 Å². The summed E-state index contributed by atoms with van der Waals surface area (Å²) in [5, 5.41) is 0. The van der Waals surface area contributed by atoms with Gasteiger partial charge in [0.05, 0.1) is 48.2 Å². The van der Waals surface area contributed by atoms with E-state index in [0.29, 0.717) is 0 Å². The highest BCUT2D eigenvalue weighted by molar-refractivity contribution is 5.93. The van der Waals surface area contributed by atoms with Gasteiger partial charge in [-0.15, -0.1) is 0 Å². The van der Waals surface area contributed by atoms with E-state index in [-0.39, 0.29) is 18.8 Å². The zero-order valence-corrected chi connectivity index (χ0v) is 15.6. The van der Waals surface area contributed by atoms with Crippen molar-refractivity contribution in [2.75, 3.05) is 13.2 Å². The molecule has 0 aromatic carbocycles. The van der Waals surface area contributed by atoms with Crippen molar-refractivity contribution in [2.45, 2.75) is 50.6 Å². The molecular weight excluding hydrogens is 426 g/mol. The third-order valence-corrected chi connectivity index (χ3v) is 5.91. The molecule has 4 aliphatic heterocycles. The third-order valence-electron chi connectivity index (χ3n) is 5.91. The van der Waals surface area contributed by atoms with Crippen molar-refractivity contribution >= 4 is 11.9 Å². The Morgan fingerprint density at radius 1 is 0.967 bits per heavy atom. The van der Waals surface area contributed by atoms with Gasteiger partial charge < -0.3 is 18.9 Å². The molecule has 12 heteroatoms. The molecule has 2 saturated heterocycles. The summed E-state index contributed by atoms with van der Waals surface area (Å²) < 4.78 is 103. The Hall–Kier alpha value is -2.08. The maximum atomic E-state index is 13.7. The van der Waals surface area contributed by atoms with Crippen LogP contribution in [0.2, 0.25) is 0 Å². The molecule has 4 aliphatic rings. The Balaban J connectivity index is 1.90. The van der Waals surface area contributed by atoms with E-state index in [1.165, 1.54) is 13.8 Å². The van der Waals surface area contributed by atoms with Crippen LogP contribution in [0.5, 0.6) is 0 Å². The number of halogens is 6. The molecule has 166 valence electrons. The van der Waals surface area contributed by atoms with Crippen LogP contribution >= 0.6 is 0 Å². The summed E-state index contributed by atoms with van der Waals surface area (Å²) in [7, 11) is 0. The summed E-state index contributed by atoms with van der Waals surface area (Å²) >= 11 is 0. The van der Waals surface area contributed by atoms with Gasteiger partial charge in [-0.05, 0) is 19.9 Å². The lowest BCUT2D eigenvalue weighted by molar-refractivity contribution is -0.166. The number of rotatable bonds is 4. The highest BCUT2D eigenvalue weighted by atomic mass is 19.4. The summed E-state index contributed by atoms with van der Waals surface area (Å²) in [5.74, 6) is -3.55. The lowest BCUT2D eigenvalue weighted by atomic mass is 9.58. The van der Waals surface area contributed by atoms with E-state index in [0.717, 1.165) is 6.08 Å². The molecule has 6 nitrogen and oxygen atoms in total. The SMILES string of the molecule is CCOC(=O)C1=C[C@H]2O[C@@H]1[C@@H]1[C@@H]3O[C@@H](C(C(F)(F)F)=C3C(F)(F)F)[C@@]12C(=O)OCC. The number of ether oxygens (including phenoxy) is 4. The lowest BCUT2D eigenvalue weighted by Crippen LogP contribution is -2.57. The molecule has 0 unspecified atom stereocenters. The number of carbonyl (C=O) groups is 2. The molecule has 0 aromatic rings. The first-order chi connectivity index (χ1) is 13.9. The van der Waals surface area contributed by atoms with E-state index in [1.54, 1.807) is 0 Å². The van der Waals surface area contributed by atoms with Crippen molar-refractivity contribution < 1.29 is 54.9 Å². The van der Waals surface area contributed by atoms with E-state index in [1.807, 2.05) is 0 Å². The highest BCUT2D eigenvalue weighted by Crippen LogP contribution is 2.69. The molecular formula is C18H16F6O6. The molecule has 0 spiro atoms. The number of hydrogen-bond acceptors (Lipinski definition) is 6. The maximum Gasteiger partial charge on any atom is 0.415 e. The smallest absolute Gasteiger partial charge is 0.415 e. The number of carbonyl (C=O) groups excluding carboxylic acids is 2. The fourth-order valence-electron chi connectivity index (χ4n) is 5.05. The molecule has 6 atom stereocenters. The van der Waals surface area contributed by atoms with Gasteiger partial charge in [0.1, 0.15) is 11.5 Å². The summed E-state index contributed by atoms with van der Waals surface area (Å²) in [5.41, 5.74) is -6.17. The first-order valence-corrected chi connectivity index (χ1v) is 9.16. The summed E-state index contributed by atoms with van der Waals surface area (Å²) in [6.45, 7) is 2.67. The van der Waals surface area contributed by atoms with Gasteiger partial charge in [0.25, 0.3) is 0 Å². The fourth-order valence-corrected chi connectivity index (χ4v) is 5.05. The van der Waals surface area contributed by atoms with Gasteiger partial charge >= 0.3 is 24.3 Å². The molecule has 0 N–H and O–H groups in total. The quantitative estimate of drug-likeness (QED) is 0.379. The Morgan fingerprint density at radius 3 is 2.10 bits per heavy atom. The topological polar surface area (TPSA) is 71.1 Å². The lowest BCUT2D eigenvalue weighted by Gasteiger charge is -2.40. The van der Waals surface area contributed by atoms with Gasteiger partial charge in [-0.3, -0.25) is 4.79 Å². The van der Waals surface area contributed by atoms with Crippen molar-refractivity contribution in [3.8, 4) is 0 Å². The van der Waals surface area contributed by atoms with E-state index in [4.69, 9.17) is 18.9 Å². The number of hydrogen-bond donors (Lipinski definition) is 0. The Kier molecular flexibility index (Phi) is 4.56. The van der Waals surface area contributed by atoms with Gasteiger partial charge in [-0.25, -0.2) is 4.79 Å². The van der Waals surface area contributed by atoms with Crippen LogP contribution in [-0.4, -0.2) is 61.9 Å². The van der Waals surface area contributed by atoms with Crippen molar-refractivity contribution in [1.29, 1.82) is 0 Å². The second-order valence-electron chi connectivity index (χ2n) is 7.26. The van der Waals surface area contributed by atoms with Crippen LogP contribution < -0.4 is 0 Å². The minimum Gasteiger partial charge on any atom is -0.465 e. The molecule has 0 amide bonds. The van der Waals surface area contributed by atoms with Crippen LogP contribution in [0.1, 0.15) is 13.8 Å². The van der Waals surface area contributed by atoms with Gasteiger partial charge in [0, 0.05) is 5.92 Å². The van der Waals surface area contributed by atoms with Crippen LogP contribution in [0.15, 0.2) is 22.8 Å². The fraction of sp³-hybridized carbons (Fsp3) is 0.667. The van der Waals surface area contributed by atoms with E-state index < -0.39 is 71.2 Å². The normalized spacial score (nSPS) is 36.8. The minimum absolute atomic E-state index is 0.0320. The number of esters is 2. The Bertz CT molecular complexity index is 858. The molecule has 2 fully saturated rings. The standard InChI is InChI=1S/C18H16F6O6/c1-3-27-14(25)6-5-7-16(15(26)28-4-2)10(11(6)29-7)12-8(17(19,20)21)9(13(16)30-12)18(22,23)24/h5,7,10-13H,3-4H2,1-2H3/t7-,10-,11+,12-,13+,16+/m1/s1. The molecule has 4 bridgehead atoms. The number of alkyl halides is 6. The molecule has 4 rings (SSSR count). The average Bonchev–Trinajstić information content (AvgIpc) is 3.35. The predicted octanol–water partition coefficient (Wildman–Crippen LogP) is 2.62. The first kappa shape index (κ1) is 21.2. The maximum absolute atomic E-state index is 13.7. The van der Waals surface area contributed by atoms with E-state index >= 15 is 0 Å². The molecule has 0 saturated carbocycles. The zero-order valence-electron chi connectivity index (χ0n) is 15.6. The zero-order chi connectivity index (χ0) is 22.2. The molecule has 0 aromatic heterocycles. The highest BCUT2D eigenvalue weighted by Gasteiger charge is 2.82. The second-order valence-corrected chi connectivity index (χ2v) is 7.26. The van der Waals surface area contributed by atoms with E-state index in [2.05, 4.69) is 0 Å². The van der Waals surface area contributed by atoms with Crippen molar-refractivity contribution in [3.05, 3.63) is 22.8 Å². The molecule has 0 aliphatic carbocycles. The first-order valence-electron chi connectivity index (χ1n) is 9.16. The summed E-state index contributed by atoms with van der Waals surface area (Å²) in [4.78, 5) is 25.1. The summed E-state index contributed by atoms with van der Waals surface area (Å²) in [6, 6.07) is 0. The van der Waals surface area contributed by atoms with Crippen LogP contribution in [0.3, 0.4) is 0 Å². The van der Waals surface area contributed by atoms with Crippen LogP contribution in [0.25, 0.3) is 0 Å². The number of fused-ring (bicyclic) bond motifs is 9. The van der Waals surface area contributed by atoms with Gasteiger partial charge in [0.2, 0.25) is 0 Å². The molecule has 4 heterocycles. The summed E-state index contributed by atoms with van der Waals surface area (Å²) in [6.07, 6.45) is -16.8. The largest absolute Gasteiger partial charge is 0.465 e.